The molecule has 1 unspecified atom stereocenters. The first kappa shape index (κ1) is 19.6. The van der Waals surface area contributed by atoms with Crippen molar-refractivity contribution in [3.63, 3.8) is 0 Å². The Kier molecular flexibility index (Phi) is 5.41. The van der Waals surface area contributed by atoms with Crippen molar-refractivity contribution in [3.8, 4) is 0 Å². The lowest BCUT2D eigenvalue weighted by atomic mass is 9.73. The molecular weight excluding hydrogens is 370 g/mol. The second kappa shape index (κ2) is 7.99. The summed E-state index contributed by atoms with van der Waals surface area (Å²) in [5.74, 6) is 0.497. The summed E-state index contributed by atoms with van der Waals surface area (Å²) in [5, 5.41) is 3.06. The molecule has 2 aromatic rings. The highest BCUT2D eigenvalue weighted by molar-refractivity contribution is 5.95. The smallest absolute Gasteiger partial charge is 0.291 e. The Labute approximate surface area is 170 Å². The molecule has 154 valence electrons. The average molecular weight is 397 g/mol. The average Bonchev–Trinajstić information content (AvgIpc) is 3.32. The van der Waals surface area contributed by atoms with Crippen LogP contribution >= 0.6 is 0 Å². The number of carbonyl (C=O) groups excluding carboxylic acids is 2. The third-order valence-electron chi connectivity index (χ3n) is 5.75. The summed E-state index contributed by atoms with van der Waals surface area (Å²) in [6, 6.07) is 9.93. The van der Waals surface area contributed by atoms with Gasteiger partial charge in [0, 0.05) is 33.2 Å². The number of aromatic nitrogens is 1. The van der Waals surface area contributed by atoms with Gasteiger partial charge in [0.1, 0.15) is 0 Å². The fourth-order valence-corrected chi connectivity index (χ4v) is 4.22. The minimum atomic E-state index is -0.640. The fraction of sp³-hybridized carbons (Fsp3) is 0.500. The van der Waals surface area contributed by atoms with E-state index in [1.165, 1.54) is 0 Å². The van der Waals surface area contributed by atoms with Crippen LogP contribution in [0.25, 0.3) is 0 Å². The van der Waals surface area contributed by atoms with Gasteiger partial charge in [-0.25, -0.2) is 4.98 Å². The first-order valence-corrected chi connectivity index (χ1v) is 10.1. The number of rotatable bonds is 6. The molecular formula is C22H27N3O4. The van der Waals surface area contributed by atoms with Gasteiger partial charge >= 0.3 is 0 Å². The molecule has 2 aliphatic heterocycles. The second-order valence-corrected chi connectivity index (χ2v) is 8.10. The lowest BCUT2D eigenvalue weighted by Gasteiger charge is -2.48. The number of amides is 2. The van der Waals surface area contributed by atoms with Crippen LogP contribution in [0.4, 0.5) is 0 Å². The van der Waals surface area contributed by atoms with Crippen molar-refractivity contribution < 1.29 is 18.7 Å². The normalized spacial score (nSPS) is 20.3. The molecule has 0 spiro atoms. The Morgan fingerprint density at radius 2 is 2.00 bits per heavy atom. The second-order valence-electron chi connectivity index (χ2n) is 8.10. The summed E-state index contributed by atoms with van der Waals surface area (Å²) in [5.41, 5.74) is 1.02. The van der Waals surface area contributed by atoms with Crippen molar-refractivity contribution in [1.82, 2.24) is 15.2 Å². The molecule has 2 saturated heterocycles. The highest BCUT2D eigenvalue weighted by Gasteiger charge is 2.51. The van der Waals surface area contributed by atoms with Crippen LogP contribution in [0.15, 0.2) is 34.7 Å². The predicted molar refractivity (Wildman–Crippen MR) is 106 cm³/mol. The van der Waals surface area contributed by atoms with Gasteiger partial charge in [0.2, 0.25) is 11.7 Å². The number of oxazole rings is 1. The Morgan fingerprint density at radius 1 is 1.24 bits per heavy atom. The molecule has 2 amide bonds. The fourth-order valence-electron chi connectivity index (χ4n) is 4.22. The van der Waals surface area contributed by atoms with Gasteiger partial charge in [-0.2, -0.15) is 0 Å². The van der Waals surface area contributed by atoms with E-state index in [1.807, 2.05) is 30.3 Å². The first-order chi connectivity index (χ1) is 14.0. The zero-order chi connectivity index (χ0) is 20.4. The molecule has 29 heavy (non-hydrogen) atoms. The molecule has 7 heteroatoms. The largest absolute Gasteiger partial charge is 0.436 e. The van der Waals surface area contributed by atoms with Gasteiger partial charge in [-0.1, -0.05) is 30.3 Å². The van der Waals surface area contributed by atoms with Crippen molar-refractivity contribution in [1.29, 1.82) is 0 Å². The summed E-state index contributed by atoms with van der Waals surface area (Å²) in [4.78, 5) is 31.8. The van der Waals surface area contributed by atoms with Crippen LogP contribution in [-0.4, -0.2) is 54.0 Å². The van der Waals surface area contributed by atoms with Crippen molar-refractivity contribution in [3.05, 3.63) is 53.2 Å². The Bertz CT molecular complexity index is 881. The topological polar surface area (TPSA) is 84.7 Å². The monoisotopic (exact) mass is 397 g/mol. The van der Waals surface area contributed by atoms with E-state index >= 15 is 0 Å². The first-order valence-electron chi connectivity index (χ1n) is 10.1. The van der Waals surface area contributed by atoms with Crippen LogP contribution in [0, 0.1) is 19.3 Å². The van der Waals surface area contributed by atoms with Crippen molar-refractivity contribution in [2.24, 2.45) is 5.41 Å². The molecule has 1 aromatic heterocycles. The third-order valence-corrected chi connectivity index (χ3v) is 5.75. The van der Waals surface area contributed by atoms with Crippen molar-refractivity contribution in [2.75, 3.05) is 26.2 Å². The van der Waals surface area contributed by atoms with E-state index < -0.39 is 5.41 Å². The van der Waals surface area contributed by atoms with E-state index in [9.17, 15) is 9.59 Å². The molecule has 1 N–H and O–H groups in total. The molecule has 1 atom stereocenters. The van der Waals surface area contributed by atoms with Crippen LogP contribution in [-0.2, 0) is 16.0 Å². The quantitative estimate of drug-likeness (QED) is 0.808. The Morgan fingerprint density at radius 3 is 2.62 bits per heavy atom. The van der Waals surface area contributed by atoms with Gasteiger partial charge in [-0.05, 0) is 31.7 Å². The van der Waals surface area contributed by atoms with Crippen LogP contribution in [0.2, 0.25) is 0 Å². The molecule has 2 fully saturated rings. The highest BCUT2D eigenvalue weighted by atomic mass is 16.5. The van der Waals surface area contributed by atoms with E-state index in [4.69, 9.17) is 9.15 Å². The van der Waals surface area contributed by atoms with Gasteiger partial charge in [0.15, 0.2) is 5.89 Å². The van der Waals surface area contributed by atoms with Gasteiger partial charge in [-0.3, -0.25) is 9.59 Å². The molecule has 2 aliphatic rings. The Balaban J connectivity index is 1.47. The number of hydrogen-bond donors (Lipinski definition) is 1. The Hall–Kier alpha value is -2.67. The van der Waals surface area contributed by atoms with E-state index in [0.717, 1.165) is 25.0 Å². The number of aryl methyl sites for hydroxylation is 2. The van der Waals surface area contributed by atoms with Crippen LogP contribution in [0.1, 0.15) is 40.5 Å². The van der Waals surface area contributed by atoms with E-state index in [2.05, 4.69) is 10.3 Å². The minimum Gasteiger partial charge on any atom is -0.436 e. The molecule has 1 aromatic carbocycles. The standard InChI is InChI=1S/C22H27N3O4/c1-15-19(29-16(2)24-15)20(26)25-13-22(14-25,11-17-7-4-3-5-8-17)21(27)23-12-18-9-6-10-28-18/h3-5,7-8,18H,6,9-14H2,1-2H3,(H,23,27). The van der Waals surface area contributed by atoms with E-state index in [-0.39, 0.29) is 23.7 Å². The molecule has 4 rings (SSSR count). The van der Waals surface area contributed by atoms with E-state index in [0.29, 0.717) is 37.6 Å². The number of nitrogens with zero attached hydrogens (tertiary/aromatic N) is 2. The lowest BCUT2D eigenvalue weighted by molar-refractivity contribution is -0.139. The lowest BCUT2D eigenvalue weighted by Crippen LogP contribution is -2.66. The van der Waals surface area contributed by atoms with Crippen molar-refractivity contribution >= 4 is 11.8 Å². The van der Waals surface area contributed by atoms with Crippen molar-refractivity contribution in [2.45, 2.75) is 39.2 Å². The summed E-state index contributed by atoms with van der Waals surface area (Å²) in [6.45, 7) is 5.47. The number of ether oxygens (including phenoxy) is 1. The van der Waals surface area contributed by atoms with Gasteiger partial charge < -0.3 is 19.4 Å². The molecule has 3 heterocycles. The summed E-state index contributed by atoms with van der Waals surface area (Å²) >= 11 is 0. The maximum absolute atomic E-state index is 13.1. The number of hydrogen-bond acceptors (Lipinski definition) is 5. The van der Waals surface area contributed by atoms with Crippen LogP contribution in [0.3, 0.4) is 0 Å². The SMILES string of the molecule is Cc1nc(C)c(C(=O)N2CC(Cc3ccccc3)(C(=O)NCC3CCCO3)C2)o1. The highest BCUT2D eigenvalue weighted by Crippen LogP contribution is 2.36. The molecule has 0 saturated carbocycles. The zero-order valence-electron chi connectivity index (χ0n) is 16.9. The number of carbonyl (C=O) groups is 2. The minimum absolute atomic E-state index is 0.0219. The van der Waals surface area contributed by atoms with Gasteiger partial charge in [0.25, 0.3) is 5.91 Å². The molecule has 7 nitrogen and oxygen atoms in total. The van der Waals surface area contributed by atoms with Crippen LogP contribution < -0.4 is 5.32 Å². The van der Waals surface area contributed by atoms with Crippen LogP contribution in [0.5, 0.6) is 0 Å². The molecule has 0 aliphatic carbocycles. The van der Waals surface area contributed by atoms with Gasteiger partial charge in [-0.15, -0.1) is 0 Å². The summed E-state index contributed by atoms with van der Waals surface area (Å²) in [7, 11) is 0. The summed E-state index contributed by atoms with van der Waals surface area (Å²) < 4.78 is 11.1. The van der Waals surface area contributed by atoms with Gasteiger partial charge in [0.05, 0.1) is 17.2 Å². The number of benzene rings is 1. The number of likely N-dealkylation sites (tertiary alicyclic amines) is 1. The van der Waals surface area contributed by atoms with E-state index in [1.54, 1.807) is 18.7 Å². The summed E-state index contributed by atoms with van der Waals surface area (Å²) in [6.07, 6.45) is 2.68. The number of nitrogens with one attached hydrogen (secondary N) is 1. The third kappa shape index (κ3) is 4.05. The predicted octanol–water partition coefficient (Wildman–Crippen LogP) is 2.27. The molecule has 0 bridgehead atoms. The molecule has 0 radical (unpaired) electrons. The maximum atomic E-state index is 13.1. The maximum Gasteiger partial charge on any atom is 0.291 e. The zero-order valence-corrected chi connectivity index (χ0v) is 16.9.